The smallest absolute Gasteiger partial charge is 0.126 e. The molecule has 4 nitrogen and oxygen atoms in total. The number of hydrogen-bond donors (Lipinski definition) is 3. The van der Waals surface area contributed by atoms with Crippen LogP contribution >= 0.6 is 15.9 Å². The van der Waals surface area contributed by atoms with Crippen molar-refractivity contribution in [1.29, 1.82) is 0 Å². The summed E-state index contributed by atoms with van der Waals surface area (Å²) in [5.74, 6) is -0.276. The molecule has 0 spiro atoms. The van der Waals surface area contributed by atoms with Crippen LogP contribution in [0.25, 0.3) is 0 Å². The number of hydrogen-bond acceptors (Lipinski definition) is 4. The molecule has 0 radical (unpaired) electrons. The summed E-state index contributed by atoms with van der Waals surface area (Å²) >= 11 is 3.23. The van der Waals surface area contributed by atoms with Gasteiger partial charge in [0.05, 0.1) is 0 Å². The van der Waals surface area contributed by atoms with E-state index in [1.54, 1.807) is 32.0 Å². The monoisotopic (exact) mass is 468 g/mol. The van der Waals surface area contributed by atoms with Crippen LogP contribution in [-0.4, -0.2) is 52.4 Å². The van der Waals surface area contributed by atoms with Gasteiger partial charge in [0.2, 0.25) is 0 Å². The van der Waals surface area contributed by atoms with Gasteiger partial charge < -0.3 is 20.9 Å². The van der Waals surface area contributed by atoms with Gasteiger partial charge in [-0.15, -0.1) is 0 Å². The first-order valence-electron chi connectivity index (χ1n) is 10.0. The van der Waals surface area contributed by atoms with Crippen molar-refractivity contribution in [3.63, 3.8) is 0 Å². The van der Waals surface area contributed by atoms with Gasteiger partial charge in [-0.05, 0) is 61.4 Å². The van der Waals surface area contributed by atoms with Gasteiger partial charge in [-0.25, -0.2) is 8.78 Å². The zero-order chi connectivity index (χ0) is 21.1. The normalized spacial score (nSPS) is 16.2. The lowest BCUT2D eigenvalue weighted by Gasteiger charge is -2.29. The van der Waals surface area contributed by atoms with Crippen LogP contribution in [-0.2, 0) is 0 Å². The molecule has 2 heterocycles. The molecular formula is C22H31BrF2N4. The average molecular weight is 469 g/mol. The Morgan fingerprint density at radius 3 is 1.66 bits per heavy atom. The van der Waals surface area contributed by atoms with Crippen molar-refractivity contribution in [1.82, 2.24) is 16.0 Å². The number of anilines is 1. The summed E-state index contributed by atoms with van der Waals surface area (Å²) in [6.45, 7) is 12.1. The van der Waals surface area contributed by atoms with Crippen molar-refractivity contribution in [2.75, 3.05) is 57.3 Å². The summed E-state index contributed by atoms with van der Waals surface area (Å²) in [5, 5.41) is 9.74. The lowest BCUT2D eigenvalue weighted by molar-refractivity contribution is 0.534. The number of nitrogens with zero attached hydrogens (tertiary/aromatic N) is 1. The van der Waals surface area contributed by atoms with E-state index in [-0.39, 0.29) is 11.6 Å². The van der Waals surface area contributed by atoms with Gasteiger partial charge in [0, 0.05) is 62.5 Å². The number of nitrogens with one attached hydrogen (secondary N) is 3. The molecule has 0 bridgehead atoms. The van der Waals surface area contributed by atoms with Crippen LogP contribution < -0.4 is 20.9 Å². The molecule has 2 saturated heterocycles. The van der Waals surface area contributed by atoms with E-state index in [2.05, 4.69) is 36.8 Å². The zero-order valence-corrected chi connectivity index (χ0v) is 18.8. The van der Waals surface area contributed by atoms with Crippen molar-refractivity contribution in [3.8, 4) is 0 Å². The minimum atomic E-state index is -0.154. The van der Waals surface area contributed by atoms with E-state index >= 15 is 0 Å². The van der Waals surface area contributed by atoms with E-state index in [0.717, 1.165) is 68.1 Å². The predicted molar refractivity (Wildman–Crippen MR) is 121 cm³/mol. The molecule has 7 heteroatoms. The molecule has 160 valence electrons. The Bertz CT molecular complexity index is 736. The van der Waals surface area contributed by atoms with Crippen LogP contribution in [0.2, 0.25) is 0 Å². The van der Waals surface area contributed by atoms with E-state index in [0.29, 0.717) is 5.56 Å². The van der Waals surface area contributed by atoms with Gasteiger partial charge in [-0.2, -0.15) is 0 Å². The third-order valence-corrected chi connectivity index (χ3v) is 5.19. The minimum Gasteiger partial charge on any atom is -0.369 e. The molecule has 0 aliphatic carbocycles. The summed E-state index contributed by atoms with van der Waals surface area (Å²) in [4.78, 5) is 2.28. The van der Waals surface area contributed by atoms with E-state index in [9.17, 15) is 8.78 Å². The molecule has 0 aromatic heterocycles. The van der Waals surface area contributed by atoms with E-state index in [1.807, 2.05) is 12.1 Å². The Kier molecular flexibility index (Phi) is 10.6. The first-order valence-corrected chi connectivity index (χ1v) is 10.8. The van der Waals surface area contributed by atoms with Crippen LogP contribution in [0.3, 0.4) is 0 Å². The summed E-state index contributed by atoms with van der Waals surface area (Å²) < 4.78 is 26.4. The molecule has 2 aromatic rings. The third-order valence-electron chi connectivity index (χ3n) is 4.70. The molecular weight excluding hydrogens is 438 g/mol. The quantitative estimate of drug-likeness (QED) is 0.597. The van der Waals surface area contributed by atoms with Gasteiger partial charge in [-0.3, -0.25) is 0 Å². The van der Waals surface area contributed by atoms with Crippen LogP contribution in [0.15, 0.2) is 40.9 Å². The second-order valence-corrected chi connectivity index (χ2v) is 7.98. The van der Waals surface area contributed by atoms with Crippen molar-refractivity contribution < 1.29 is 8.78 Å². The topological polar surface area (TPSA) is 39.3 Å². The predicted octanol–water partition coefficient (Wildman–Crippen LogP) is 3.62. The fraction of sp³-hybridized carbons (Fsp3) is 0.455. The number of benzene rings is 2. The highest BCUT2D eigenvalue weighted by molar-refractivity contribution is 9.10. The minimum absolute atomic E-state index is 0.121. The average Bonchev–Trinajstić information content (AvgIpc) is 2.76. The van der Waals surface area contributed by atoms with Gasteiger partial charge >= 0.3 is 0 Å². The van der Waals surface area contributed by atoms with Crippen LogP contribution in [0.4, 0.5) is 14.5 Å². The maximum absolute atomic E-state index is 13.0. The van der Waals surface area contributed by atoms with Crippen molar-refractivity contribution in [2.24, 2.45) is 0 Å². The Hall–Kier alpha value is -1.54. The Morgan fingerprint density at radius 2 is 1.21 bits per heavy atom. The highest BCUT2D eigenvalue weighted by Crippen LogP contribution is 2.18. The van der Waals surface area contributed by atoms with E-state index < -0.39 is 0 Å². The molecule has 3 N–H and O–H groups in total. The molecule has 2 aliphatic heterocycles. The van der Waals surface area contributed by atoms with Crippen LogP contribution in [0.5, 0.6) is 0 Å². The maximum Gasteiger partial charge on any atom is 0.126 e. The molecule has 0 saturated carbocycles. The highest BCUT2D eigenvalue weighted by Gasteiger charge is 2.10. The lowest BCUT2D eigenvalue weighted by atomic mass is 10.2. The van der Waals surface area contributed by atoms with Crippen molar-refractivity contribution in [2.45, 2.75) is 13.8 Å². The van der Waals surface area contributed by atoms with Crippen molar-refractivity contribution in [3.05, 3.63) is 63.6 Å². The second-order valence-electron chi connectivity index (χ2n) is 7.06. The molecule has 2 aliphatic rings. The number of rotatable bonds is 1. The van der Waals surface area contributed by atoms with E-state index in [1.165, 1.54) is 6.07 Å². The van der Waals surface area contributed by atoms with Gasteiger partial charge in [0.25, 0.3) is 0 Å². The summed E-state index contributed by atoms with van der Waals surface area (Å²) in [6, 6.07) is 10.2. The fourth-order valence-electron chi connectivity index (χ4n) is 2.96. The summed E-state index contributed by atoms with van der Waals surface area (Å²) in [6.07, 6.45) is 0. The number of piperazine rings is 2. The molecule has 0 unspecified atom stereocenters. The second kappa shape index (κ2) is 12.9. The Labute approximate surface area is 181 Å². The van der Waals surface area contributed by atoms with Gasteiger partial charge in [0.15, 0.2) is 0 Å². The van der Waals surface area contributed by atoms with Crippen LogP contribution in [0.1, 0.15) is 11.1 Å². The van der Waals surface area contributed by atoms with Crippen LogP contribution in [0, 0.1) is 25.5 Å². The maximum atomic E-state index is 13.0. The highest BCUT2D eigenvalue weighted by atomic mass is 79.9. The first kappa shape index (κ1) is 23.7. The summed E-state index contributed by atoms with van der Waals surface area (Å²) in [7, 11) is 0. The Morgan fingerprint density at radius 1 is 0.724 bits per heavy atom. The third kappa shape index (κ3) is 8.78. The molecule has 2 fully saturated rings. The molecule has 0 atom stereocenters. The van der Waals surface area contributed by atoms with Crippen molar-refractivity contribution >= 4 is 21.6 Å². The molecule has 4 rings (SSSR count). The standard InChI is InChI=1S/C11H15FN2.C7H6BrF.C4H10N2/c1-9-8-10(2-3-11(9)12)14-6-4-13-5-7-14;1-5-4-6(8)2-3-7(5)9;1-2-6-4-3-5-1/h2-3,8,13H,4-7H2,1H3;2-4H,1H3;5-6H,1-4H2. The SMILES string of the molecule is C1CNCCN1.Cc1cc(Br)ccc1F.Cc1cc(N2CCNCC2)ccc1F. The summed E-state index contributed by atoms with van der Waals surface area (Å²) in [5.41, 5.74) is 2.52. The van der Waals surface area contributed by atoms with Gasteiger partial charge in [-0.1, -0.05) is 15.9 Å². The molecule has 0 amide bonds. The molecule has 2 aromatic carbocycles. The lowest BCUT2D eigenvalue weighted by Crippen LogP contribution is -2.43. The zero-order valence-electron chi connectivity index (χ0n) is 17.2. The fourth-order valence-corrected chi connectivity index (χ4v) is 3.44. The van der Waals surface area contributed by atoms with Gasteiger partial charge in [0.1, 0.15) is 11.6 Å². The number of halogens is 3. The first-order chi connectivity index (χ1) is 14.0. The van der Waals surface area contributed by atoms with E-state index in [4.69, 9.17) is 0 Å². The Balaban J connectivity index is 0.000000171. The largest absolute Gasteiger partial charge is 0.369 e. The number of aryl methyl sites for hydroxylation is 2. The molecule has 29 heavy (non-hydrogen) atoms.